The predicted molar refractivity (Wildman–Crippen MR) is 100 cm³/mol. The number of aromatic nitrogens is 4. The van der Waals surface area contributed by atoms with Crippen LogP contribution in [0, 0.1) is 6.92 Å². The molecule has 0 unspecified atom stereocenters. The van der Waals surface area contributed by atoms with E-state index in [1.54, 1.807) is 6.92 Å². The Labute approximate surface area is 155 Å². The third-order valence-corrected chi connectivity index (χ3v) is 5.84. The van der Waals surface area contributed by atoms with Crippen molar-refractivity contribution in [1.29, 1.82) is 0 Å². The number of anilines is 1. The van der Waals surface area contributed by atoms with Gasteiger partial charge in [-0.3, -0.25) is 4.79 Å². The number of nitrogen functional groups attached to an aromatic ring is 1. The molecule has 4 rings (SSSR count). The van der Waals surface area contributed by atoms with Crippen LogP contribution in [0.3, 0.4) is 0 Å². The van der Waals surface area contributed by atoms with Gasteiger partial charge < -0.3 is 10.6 Å². The Morgan fingerprint density at radius 3 is 2.54 bits per heavy atom. The molecule has 1 fully saturated rings. The van der Waals surface area contributed by atoms with Crippen LogP contribution in [0.15, 0.2) is 35.7 Å². The van der Waals surface area contributed by atoms with E-state index in [1.807, 2.05) is 28.5 Å². The van der Waals surface area contributed by atoms with E-state index < -0.39 is 0 Å². The Hall–Kier alpha value is -2.74. The van der Waals surface area contributed by atoms with Gasteiger partial charge >= 0.3 is 0 Å². The Morgan fingerprint density at radius 2 is 1.96 bits per heavy atom. The van der Waals surface area contributed by atoms with Gasteiger partial charge in [-0.1, -0.05) is 30.3 Å². The van der Waals surface area contributed by atoms with E-state index in [9.17, 15) is 4.79 Å². The maximum atomic E-state index is 12.7. The third kappa shape index (κ3) is 2.76. The summed E-state index contributed by atoms with van der Waals surface area (Å²) < 4.78 is 0. The number of nitrogens with zero attached hydrogens (tertiary/aromatic N) is 4. The second-order valence-electron chi connectivity index (χ2n) is 6.57. The van der Waals surface area contributed by atoms with E-state index >= 15 is 0 Å². The molecule has 0 saturated carbocycles. The van der Waals surface area contributed by atoms with Crippen molar-refractivity contribution < 1.29 is 4.79 Å². The van der Waals surface area contributed by atoms with Gasteiger partial charge in [0.25, 0.3) is 5.91 Å². The Bertz CT molecular complexity index is 911. The van der Waals surface area contributed by atoms with E-state index in [1.165, 1.54) is 16.9 Å². The smallest absolute Gasteiger partial charge is 0.276 e. The highest BCUT2D eigenvalue weighted by atomic mass is 32.1. The fourth-order valence-electron chi connectivity index (χ4n) is 3.69. The number of aryl methyl sites for hydroxylation is 1. The van der Waals surface area contributed by atoms with Crippen molar-refractivity contribution in [3.8, 4) is 0 Å². The minimum Gasteiger partial charge on any atom is -0.375 e. The van der Waals surface area contributed by atoms with Crippen molar-refractivity contribution in [2.24, 2.45) is 0 Å². The number of likely N-dealkylation sites (tertiary alicyclic amines) is 1. The lowest BCUT2D eigenvalue weighted by molar-refractivity contribution is 0.0677. The number of nitrogens with one attached hydrogen (secondary N) is 1. The molecule has 1 aliphatic heterocycles. The van der Waals surface area contributed by atoms with Gasteiger partial charge in [-0.25, -0.2) is 4.98 Å². The summed E-state index contributed by atoms with van der Waals surface area (Å²) in [6.07, 6.45) is 1.59. The number of rotatable bonds is 3. The summed E-state index contributed by atoms with van der Waals surface area (Å²) in [7, 11) is 0. The van der Waals surface area contributed by atoms with Crippen LogP contribution in [0.2, 0.25) is 0 Å². The average Bonchev–Trinajstić information content (AvgIpc) is 3.30. The molecule has 0 atom stereocenters. The number of carbonyl (C=O) groups excluding carboxylic acids is 1. The lowest BCUT2D eigenvalue weighted by Gasteiger charge is -2.41. The second kappa shape index (κ2) is 6.53. The standard InChI is InChI=1S/C18H20N6OS/c1-12-15(22-23-21-12)16(25)24-9-7-18(8-10-24,13-5-3-2-4-6-13)14-11-26-17(19)20-14/h2-6,11H,7-10H2,1H3,(H2,19,20)(H,21,22,23). The third-order valence-electron chi connectivity index (χ3n) is 5.17. The van der Waals surface area contributed by atoms with Crippen molar-refractivity contribution in [2.45, 2.75) is 25.2 Å². The molecule has 0 radical (unpaired) electrons. The Morgan fingerprint density at radius 1 is 1.23 bits per heavy atom. The number of hydrogen-bond donors (Lipinski definition) is 2. The molecule has 0 aliphatic carbocycles. The molecule has 0 bridgehead atoms. The molecule has 3 heterocycles. The molecule has 7 nitrogen and oxygen atoms in total. The largest absolute Gasteiger partial charge is 0.375 e. The first-order chi connectivity index (χ1) is 12.6. The van der Waals surface area contributed by atoms with Crippen LogP contribution in [-0.4, -0.2) is 44.3 Å². The van der Waals surface area contributed by atoms with Gasteiger partial charge in [0.1, 0.15) is 0 Å². The molecule has 3 N–H and O–H groups in total. The first-order valence-corrected chi connectivity index (χ1v) is 9.42. The van der Waals surface area contributed by atoms with Crippen LogP contribution in [0.25, 0.3) is 0 Å². The zero-order valence-electron chi connectivity index (χ0n) is 14.5. The number of H-pyrrole nitrogens is 1. The predicted octanol–water partition coefficient (Wildman–Crippen LogP) is 2.37. The summed E-state index contributed by atoms with van der Waals surface area (Å²) in [5.74, 6) is -0.0734. The normalized spacial score (nSPS) is 16.6. The fraction of sp³-hybridized carbons (Fsp3) is 0.333. The summed E-state index contributed by atoms with van der Waals surface area (Å²) in [6.45, 7) is 3.06. The van der Waals surface area contributed by atoms with Crippen molar-refractivity contribution in [2.75, 3.05) is 18.8 Å². The fourth-order valence-corrected chi connectivity index (χ4v) is 4.35. The Balaban J connectivity index is 1.63. The van der Waals surface area contributed by atoms with Gasteiger partial charge in [0.2, 0.25) is 0 Å². The van der Waals surface area contributed by atoms with E-state index in [0.717, 1.165) is 18.5 Å². The summed E-state index contributed by atoms with van der Waals surface area (Å²) in [6, 6.07) is 10.4. The highest BCUT2D eigenvalue weighted by Crippen LogP contribution is 2.42. The van der Waals surface area contributed by atoms with Crippen molar-refractivity contribution >= 4 is 22.4 Å². The molecule has 1 saturated heterocycles. The molecular weight excluding hydrogens is 348 g/mol. The Kier molecular flexibility index (Phi) is 4.20. The molecule has 1 aliphatic rings. The van der Waals surface area contributed by atoms with Crippen molar-refractivity contribution in [1.82, 2.24) is 25.3 Å². The van der Waals surface area contributed by atoms with Crippen LogP contribution in [0.5, 0.6) is 0 Å². The molecule has 0 spiro atoms. The van der Waals surface area contributed by atoms with Crippen LogP contribution >= 0.6 is 11.3 Å². The monoisotopic (exact) mass is 368 g/mol. The van der Waals surface area contributed by atoms with E-state index in [-0.39, 0.29) is 11.3 Å². The highest BCUT2D eigenvalue weighted by Gasteiger charge is 2.41. The summed E-state index contributed by atoms with van der Waals surface area (Å²) in [5, 5.41) is 13.1. The van der Waals surface area contributed by atoms with Gasteiger partial charge in [-0.2, -0.15) is 15.4 Å². The van der Waals surface area contributed by atoms with E-state index in [2.05, 4.69) is 32.5 Å². The highest BCUT2D eigenvalue weighted by molar-refractivity contribution is 7.13. The quantitative estimate of drug-likeness (QED) is 0.739. The maximum absolute atomic E-state index is 12.7. The van der Waals surface area contributed by atoms with Gasteiger partial charge in [0.15, 0.2) is 10.8 Å². The number of aromatic amines is 1. The minimum atomic E-state index is -0.217. The molecule has 8 heteroatoms. The topological polar surface area (TPSA) is 101 Å². The van der Waals surface area contributed by atoms with Crippen LogP contribution in [-0.2, 0) is 5.41 Å². The second-order valence-corrected chi connectivity index (χ2v) is 7.46. The van der Waals surface area contributed by atoms with Gasteiger partial charge in [0, 0.05) is 23.9 Å². The number of piperidine rings is 1. The molecule has 134 valence electrons. The maximum Gasteiger partial charge on any atom is 0.276 e. The number of nitrogens with two attached hydrogens (primary N) is 1. The van der Waals surface area contributed by atoms with Crippen LogP contribution < -0.4 is 5.73 Å². The minimum absolute atomic E-state index is 0.0734. The first kappa shape index (κ1) is 16.7. The number of hydrogen-bond acceptors (Lipinski definition) is 6. The summed E-state index contributed by atoms with van der Waals surface area (Å²) in [4.78, 5) is 19.2. The average molecular weight is 368 g/mol. The number of thiazole rings is 1. The van der Waals surface area contributed by atoms with Crippen LogP contribution in [0.4, 0.5) is 5.13 Å². The first-order valence-electron chi connectivity index (χ1n) is 8.54. The van der Waals surface area contributed by atoms with Crippen molar-refractivity contribution in [3.05, 3.63) is 58.4 Å². The summed E-state index contributed by atoms with van der Waals surface area (Å²) >= 11 is 1.46. The van der Waals surface area contributed by atoms with Gasteiger partial charge in [-0.05, 0) is 25.3 Å². The molecule has 2 aromatic heterocycles. The van der Waals surface area contributed by atoms with Crippen molar-refractivity contribution in [3.63, 3.8) is 0 Å². The molecular formula is C18H20N6OS. The van der Waals surface area contributed by atoms with Crippen LogP contribution in [0.1, 0.15) is 40.3 Å². The molecule has 26 heavy (non-hydrogen) atoms. The zero-order chi connectivity index (χ0) is 18.1. The zero-order valence-corrected chi connectivity index (χ0v) is 15.3. The lowest BCUT2D eigenvalue weighted by Crippen LogP contribution is -2.46. The van der Waals surface area contributed by atoms with Gasteiger partial charge in [-0.15, -0.1) is 11.3 Å². The number of benzene rings is 1. The van der Waals surface area contributed by atoms with Gasteiger partial charge in [0.05, 0.1) is 11.4 Å². The van der Waals surface area contributed by atoms with E-state index in [4.69, 9.17) is 5.73 Å². The molecule has 1 aromatic carbocycles. The number of carbonyl (C=O) groups is 1. The molecule has 1 amide bonds. The number of amides is 1. The SMILES string of the molecule is Cc1n[nH]nc1C(=O)N1CCC(c2ccccc2)(c2csc(N)n2)CC1. The molecule has 3 aromatic rings. The van der Waals surface area contributed by atoms with E-state index in [0.29, 0.717) is 29.6 Å². The summed E-state index contributed by atoms with van der Waals surface area (Å²) in [5.41, 5.74) is 8.92. The lowest BCUT2D eigenvalue weighted by atomic mass is 9.70.